The number of furan rings is 1. The van der Waals surface area contributed by atoms with E-state index in [-0.39, 0.29) is 18.4 Å². The number of halogens is 1. The zero-order valence-electron chi connectivity index (χ0n) is 15.3. The Morgan fingerprint density at radius 3 is 2.71 bits per heavy atom. The monoisotopic (exact) mass is 397 g/mol. The van der Waals surface area contributed by atoms with Crippen molar-refractivity contribution in [2.75, 3.05) is 17.2 Å². The van der Waals surface area contributed by atoms with Crippen molar-refractivity contribution in [2.45, 2.75) is 13.5 Å². The third-order valence-corrected chi connectivity index (χ3v) is 4.29. The number of amides is 2. The minimum atomic E-state index is -0.250. The van der Waals surface area contributed by atoms with Crippen molar-refractivity contribution in [3.63, 3.8) is 0 Å². The molecule has 0 saturated heterocycles. The van der Waals surface area contributed by atoms with Gasteiger partial charge in [0, 0.05) is 22.0 Å². The van der Waals surface area contributed by atoms with Crippen LogP contribution in [0, 0.1) is 6.92 Å². The first-order valence-corrected chi connectivity index (χ1v) is 9.09. The maximum atomic E-state index is 12.3. The van der Waals surface area contributed by atoms with E-state index in [1.54, 1.807) is 54.8 Å². The molecule has 0 spiro atoms. The lowest BCUT2D eigenvalue weighted by Gasteiger charge is -2.11. The molecule has 0 radical (unpaired) electrons. The van der Waals surface area contributed by atoms with Crippen LogP contribution in [0.1, 0.15) is 21.7 Å². The molecular formula is C21H20ClN3O3. The predicted molar refractivity (Wildman–Crippen MR) is 110 cm³/mol. The van der Waals surface area contributed by atoms with Crippen LogP contribution in [0.2, 0.25) is 5.02 Å². The van der Waals surface area contributed by atoms with Crippen LogP contribution in [0.15, 0.2) is 65.3 Å². The Labute approximate surface area is 167 Å². The van der Waals surface area contributed by atoms with Crippen molar-refractivity contribution < 1.29 is 14.0 Å². The van der Waals surface area contributed by atoms with Crippen LogP contribution in [0.25, 0.3) is 0 Å². The summed E-state index contributed by atoms with van der Waals surface area (Å²) in [4.78, 5) is 24.5. The molecule has 3 aromatic rings. The van der Waals surface area contributed by atoms with Gasteiger partial charge in [0.05, 0.1) is 19.4 Å². The second-order valence-corrected chi connectivity index (χ2v) is 6.64. The summed E-state index contributed by atoms with van der Waals surface area (Å²) in [5.74, 6) is 0.188. The molecule has 2 aromatic carbocycles. The van der Waals surface area contributed by atoms with Gasteiger partial charge in [-0.05, 0) is 55.0 Å². The lowest BCUT2D eigenvalue weighted by molar-refractivity contribution is -0.114. The number of carbonyl (C=O) groups excluding carboxylic acids is 2. The van der Waals surface area contributed by atoms with Crippen molar-refractivity contribution in [1.82, 2.24) is 5.32 Å². The molecule has 3 rings (SSSR count). The normalized spacial score (nSPS) is 10.4. The van der Waals surface area contributed by atoms with Crippen LogP contribution in [-0.4, -0.2) is 18.4 Å². The van der Waals surface area contributed by atoms with E-state index in [0.717, 1.165) is 11.3 Å². The van der Waals surface area contributed by atoms with Crippen LogP contribution < -0.4 is 16.0 Å². The summed E-state index contributed by atoms with van der Waals surface area (Å²) in [5, 5.41) is 9.21. The highest BCUT2D eigenvalue weighted by Gasteiger charge is 2.09. The van der Waals surface area contributed by atoms with Gasteiger partial charge < -0.3 is 20.4 Å². The second-order valence-electron chi connectivity index (χ2n) is 6.20. The van der Waals surface area contributed by atoms with Gasteiger partial charge in [-0.15, -0.1) is 0 Å². The molecule has 0 atom stereocenters. The molecule has 6 nitrogen and oxygen atoms in total. The summed E-state index contributed by atoms with van der Waals surface area (Å²) in [5.41, 5.74) is 2.78. The molecule has 1 aromatic heterocycles. The van der Waals surface area contributed by atoms with Gasteiger partial charge in [-0.3, -0.25) is 9.59 Å². The molecule has 2 amide bonds. The Bertz CT molecular complexity index is 971. The lowest BCUT2D eigenvalue weighted by Crippen LogP contribution is -2.24. The maximum absolute atomic E-state index is 12.3. The summed E-state index contributed by atoms with van der Waals surface area (Å²) >= 11 is 5.98. The van der Waals surface area contributed by atoms with Crippen LogP contribution in [0.3, 0.4) is 0 Å². The molecule has 144 valence electrons. The number of rotatable bonds is 7. The highest BCUT2D eigenvalue weighted by atomic mass is 35.5. The van der Waals surface area contributed by atoms with E-state index in [1.165, 1.54) is 0 Å². The fraction of sp³-hybridized carbons (Fsp3) is 0.143. The third-order valence-electron chi connectivity index (χ3n) is 4.05. The van der Waals surface area contributed by atoms with Crippen molar-refractivity contribution in [3.8, 4) is 0 Å². The molecule has 0 aliphatic rings. The number of aryl methyl sites for hydroxylation is 1. The van der Waals surface area contributed by atoms with Crippen LogP contribution >= 0.6 is 11.6 Å². The summed E-state index contributed by atoms with van der Waals surface area (Å²) in [7, 11) is 0. The van der Waals surface area contributed by atoms with Gasteiger partial charge >= 0.3 is 0 Å². The number of nitrogens with one attached hydrogen (secondary N) is 3. The van der Waals surface area contributed by atoms with E-state index in [4.69, 9.17) is 16.0 Å². The number of carbonyl (C=O) groups is 2. The lowest BCUT2D eigenvalue weighted by atomic mass is 10.2. The summed E-state index contributed by atoms with van der Waals surface area (Å²) in [6.45, 7) is 2.31. The molecule has 0 fully saturated rings. The van der Waals surface area contributed by atoms with E-state index in [9.17, 15) is 9.59 Å². The first-order valence-electron chi connectivity index (χ1n) is 8.72. The summed E-state index contributed by atoms with van der Waals surface area (Å²) < 4.78 is 5.19. The van der Waals surface area contributed by atoms with Gasteiger partial charge in [-0.25, -0.2) is 0 Å². The molecule has 0 aliphatic heterocycles. The Balaban J connectivity index is 1.55. The molecule has 0 aliphatic carbocycles. The minimum absolute atomic E-state index is 0.0795. The molecule has 28 heavy (non-hydrogen) atoms. The Morgan fingerprint density at radius 2 is 1.93 bits per heavy atom. The van der Waals surface area contributed by atoms with Crippen LogP contribution in [0.4, 0.5) is 11.4 Å². The van der Waals surface area contributed by atoms with Gasteiger partial charge in [0.25, 0.3) is 5.91 Å². The number of benzene rings is 2. The largest absolute Gasteiger partial charge is 0.467 e. The topological polar surface area (TPSA) is 83.4 Å². The second kappa shape index (κ2) is 9.10. The molecule has 0 saturated carbocycles. The molecular weight excluding hydrogens is 378 g/mol. The van der Waals surface area contributed by atoms with Crippen LogP contribution in [-0.2, 0) is 11.3 Å². The summed E-state index contributed by atoms with van der Waals surface area (Å²) in [6, 6.07) is 15.7. The number of anilines is 2. The quantitative estimate of drug-likeness (QED) is 0.557. The van der Waals surface area contributed by atoms with E-state index in [2.05, 4.69) is 16.0 Å². The van der Waals surface area contributed by atoms with Gasteiger partial charge in [-0.2, -0.15) is 0 Å². The fourth-order valence-corrected chi connectivity index (χ4v) is 2.76. The smallest absolute Gasteiger partial charge is 0.251 e. The zero-order chi connectivity index (χ0) is 19.9. The van der Waals surface area contributed by atoms with Crippen molar-refractivity contribution >= 4 is 34.8 Å². The van der Waals surface area contributed by atoms with Gasteiger partial charge in [0.15, 0.2) is 0 Å². The van der Waals surface area contributed by atoms with Gasteiger partial charge in [0.2, 0.25) is 5.91 Å². The molecule has 0 bridgehead atoms. The number of hydrogen-bond donors (Lipinski definition) is 3. The third kappa shape index (κ3) is 5.37. The molecule has 1 heterocycles. The minimum Gasteiger partial charge on any atom is -0.467 e. The average molecular weight is 398 g/mol. The highest BCUT2D eigenvalue weighted by Crippen LogP contribution is 2.20. The molecule has 7 heteroatoms. The Hall–Kier alpha value is -3.25. The molecule has 3 N–H and O–H groups in total. The first kappa shape index (κ1) is 19.5. The average Bonchev–Trinajstić information content (AvgIpc) is 3.20. The maximum Gasteiger partial charge on any atom is 0.251 e. The first-order chi connectivity index (χ1) is 13.5. The van der Waals surface area contributed by atoms with E-state index in [1.807, 2.05) is 13.0 Å². The zero-order valence-corrected chi connectivity index (χ0v) is 16.0. The van der Waals surface area contributed by atoms with Crippen molar-refractivity contribution in [2.24, 2.45) is 0 Å². The number of hydrogen-bond acceptors (Lipinski definition) is 4. The standard InChI is InChI=1S/C21H20ClN3O3/c1-14-7-8-16(22)11-19(14)23-13-20(26)25-17-5-2-4-15(10-17)21(27)24-12-18-6-3-9-28-18/h2-11,23H,12-13H2,1H3,(H,24,27)(H,25,26). The van der Waals surface area contributed by atoms with E-state index >= 15 is 0 Å². The van der Waals surface area contributed by atoms with Gasteiger partial charge in [0.1, 0.15) is 5.76 Å². The van der Waals surface area contributed by atoms with Crippen molar-refractivity contribution in [1.29, 1.82) is 0 Å². The van der Waals surface area contributed by atoms with Crippen molar-refractivity contribution in [3.05, 3.63) is 82.8 Å². The van der Waals surface area contributed by atoms with Gasteiger partial charge in [-0.1, -0.05) is 23.7 Å². The Morgan fingerprint density at radius 1 is 1.07 bits per heavy atom. The fourth-order valence-electron chi connectivity index (χ4n) is 2.59. The predicted octanol–water partition coefficient (Wildman–Crippen LogP) is 4.22. The Kier molecular flexibility index (Phi) is 6.34. The van der Waals surface area contributed by atoms with E-state index in [0.29, 0.717) is 28.6 Å². The molecule has 0 unspecified atom stereocenters. The highest BCUT2D eigenvalue weighted by molar-refractivity contribution is 6.30. The summed E-state index contributed by atoms with van der Waals surface area (Å²) in [6.07, 6.45) is 1.55. The van der Waals surface area contributed by atoms with Crippen LogP contribution in [0.5, 0.6) is 0 Å². The van der Waals surface area contributed by atoms with E-state index < -0.39 is 0 Å². The SMILES string of the molecule is Cc1ccc(Cl)cc1NCC(=O)Nc1cccc(C(=O)NCc2ccco2)c1.